The molecule has 4 rings (SSSR count). The monoisotopic (exact) mass is 405 g/mol. The zero-order valence-corrected chi connectivity index (χ0v) is 18.0. The molecule has 0 saturated carbocycles. The maximum atomic E-state index is 12.4. The summed E-state index contributed by atoms with van der Waals surface area (Å²) in [7, 11) is 3.71. The first kappa shape index (κ1) is 20.0. The number of ether oxygens (including phenoxy) is 1. The number of hydrogen-bond acceptors (Lipinski definition) is 5. The standard InChI is InChI=1S/C24H27N3O3/c1-15-13-24(2,3)27(4)19-10-9-16(11-18(15)19)14-25-26-23(28)21-12-17-7-6-8-20(29-5)22(17)30-21/h6-12,14-15H,13H2,1-5H3,(H,26,28)/b25-14+. The van der Waals surface area contributed by atoms with Gasteiger partial charge in [-0.15, -0.1) is 0 Å². The SMILES string of the molecule is COc1cccc2cc(C(=O)N/N=C/c3ccc4c(c3)C(C)CC(C)(C)N4C)oc12. The van der Waals surface area contributed by atoms with Crippen molar-refractivity contribution in [3.63, 3.8) is 0 Å². The third kappa shape index (κ3) is 3.54. The van der Waals surface area contributed by atoms with E-state index < -0.39 is 5.91 Å². The molecule has 30 heavy (non-hydrogen) atoms. The largest absolute Gasteiger partial charge is 0.493 e. The second kappa shape index (κ2) is 7.52. The van der Waals surface area contributed by atoms with Gasteiger partial charge in [-0.2, -0.15) is 5.10 Å². The topological polar surface area (TPSA) is 67.1 Å². The van der Waals surface area contributed by atoms with Crippen LogP contribution in [0.4, 0.5) is 5.69 Å². The molecule has 1 amide bonds. The molecule has 3 aromatic rings. The number of para-hydroxylation sites is 1. The number of furan rings is 1. The lowest BCUT2D eigenvalue weighted by atomic mass is 9.80. The van der Waals surface area contributed by atoms with E-state index >= 15 is 0 Å². The number of amides is 1. The minimum Gasteiger partial charge on any atom is -0.493 e. The van der Waals surface area contributed by atoms with Crippen LogP contribution in [0.5, 0.6) is 5.75 Å². The lowest BCUT2D eigenvalue weighted by molar-refractivity contribution is 0.0929. The second-order valence-corrected chi connectivity index (χ2v) is 8.48. The van der Waals surface area contributed by atoms with E-state index in [0.29, 0.717) is 17.3 Å². The number of carbonyl (C=O) groups excluding carboxylic acids is 1. The molecule has 6 heteroatoms. The summed E-state index contributed by atoms with van der Waals surface area (Å²) in [6.45, 7) is 6.79. The molecule has 1 unspecified atom stereocenters. The Balaban J connectivity index is 1.50. The van der Waals surface area contributed by atoms with Crippen molar-refractivity contribution < 1.29 is 13.9 Å². The molecule has 1 N–H and O–H groups in total. The van der Waals surface area contributed by atoms with Gasteiger partial charge in [0.25, 0.3) is 0 Å². The second-order valence-electron chi connectivity index (χ2n) is 8.48. The smallest absolute Gasteiger partial charge is 0.307 e. The molecule has 0 spiro atoms. The quantitative estimate of drug-likeness (QED) is 0.494. The van der Waals surface area contributed by atoms with Gasteiger partial charge < -0.3 is 14.1 Å². The number of hydrazone groups is 1. The van der Waals surface area contributed by atoms with Crippen LogP contribution in [0.25, 0.3) is 11.0 Å². The zero-order chi connectivity index (χ0) is 21.5. The van der Waals surface area contributed by atoms with Gasteiger partial charge in [-0.05, 0) is 61.6 Å². The first-order valence-corrected chi connectivity index (χ1v) is 10.1. The maximum Gasteiger partial charge on any atom is 0.307 e. The van der Waals surface area contributed by atoms with Crippen LogP contribution in [0.2, 0.25) is 0 Å². The average Bonchev–Trinajstić information content (AvgIpc) is 3.16. The Labute approximate surface area is 176 Å². The maximum absolute atomic E-state index is 12.4. The fraction of sp³-hybridized carbons (Fsp3) is 0.333. The number of methoxy groups -OCH3 is 1. The average molecular weight is 405 g/mol. The summed E-state index contributed by atoms with van der Waals surface area (Å²) in [4.78, 5) is 14.8. The Morgan fingerprint density at radius 1 is 1.30 bits per heavy atom. The highest BCUT2D eigenvalue weighted by atomic mass is 16.5. The number of rotatable bonds is 4. The molecular formula is C24H27N3O3. The molecule has 1 aromatic heterocycles. The van der Waals surface area contributed by atoms with Crippen LogP contribution in [0.15, 0.2) is 52.0 Å². The molecule has 156 valence electrons. The summed E-state index contributed by atoms with van der Waals surface area (Å²) in [6, 6.07) is 13.5. The lowest BCUT2D eigenvalue weighted by Crippen LogP contribution is -2.45. The normalized spacial score (nSPS) is 17.9. The first-order chi connectivity index (χ1) is 14.3. The van der Waals surface area contributed by atoms with E-state index in [0.717, 1.165) is 17.4 Å². The van der Waals surface area contributed by atoms with Crippen LogP contribution in [0.1, 0.15) is 54.8 Å². The van der Waals surface area contributed by atoms with Crippen molar-refractivity contribution in [1.29, 1.82) is 0 Å². The van der Waals surface area contributed by atoms with Gasteiger partial charge in [-0.3, -0.25) is 4.79 Å². The third-order valence-corrected chi connectivity index (χ3v) is 5.99. The molecule has 0 fully saturated rings. The van der Waals surface area contributed by atoms with E-state index in [4.69, 9.17) is 9.15 Å². The summed E-state index contributed by atoms with van der Waals surface area (Å²) < 4.78 is 10.9. The van der Waals surface area contributed by atoms with Gasteiger partial charge in [0.2, 0.25) is 0 Å². The number of benzene rings is 2. The Hall–Kier alpha value is -3.28. The van der Waals surface area contributed by atoms with Crippen LogP contribution in [0, 0.1) is 0 Å². The molecule has 0 bridgehead atoms. The number of nitrogens with one attached hydrogen (secondary N) is 1. The molecule has 1 aliphatic heterocycles. The van der Waals surface area contributed by atoms with E-state index in [-0.39, 0.29) is 11.3 Å². The molecule has 6 nitrogen and oxygen atoms in total. The van der Waals surface area contributed by atoms with E-state index in [1.165, 1.54) is 11.3 Å². The summed E-state index contributed by atoms with van der Waals surface area (Å²) in [5.74, 6) is 0.831. The molecule has 2 aromatic carbocycles. The van der Waals surface area contributed by atoms with Crippen molar-refractivity contribution in [3.8, 4) is 5.75 Å². The van der Waals surface area contributed by atoms with Gasteiger partial charge in [0.05, 0.1) is 13.3 Å². The number of hydrogen-bond donors (Lipinski definition) is 1. The molecule has 1 atom stereocenters. The summed E-state index contributed by atoms with van der Waals surface area (Å²) in [5, 5.41) is 4.93. The highest BCUT2D eigenvalue weighted by Gasteiger charge is 2.33. The van der Waals surface area contributed by atoms with Crippen molar-refractivity contribution in [2.45, 2.75) is 38.6 Å². The van der Waals surface area contributed by atoms with Gasteiger partial charge in [0.1, 0.15) is 0 Å². The Bertz CT molecular complexity index is 1130. The van der Waals surface area contributed by atoms with Crippen molar-refractivity contribution in [2.75, 3.05) is 19.1 Å². The van der Waals surface area contributed by atoms with Gasteiger partial charge in [-0.25, -0.2) is 5.43 Å². The van der Waals surface area contributed by atoms with Crippen LogP contribution in [-0.4, -0.2) is 31.8 Å². The molecule has 2 heterocycles. The van der Waals surface area contributed by atoms with Crippen molar-refractivity contribution in [3.05, 3.63) is 59.4 Å². The minimum atomic E-state index is -0.405. The first-order valence-electron chi connectivity index (χ1n) is 10.1. The third-order valence-electron chi connectivity index (χ3n) is 5.99. The highest BCUT2D eigenvalue weighted by Crippen LogP contribution is 2.42. The van der Waals surface area contributed by atoms with Crippen LogP contribution < -0.4 is 15.1 Å². The fourth-order valence-electron chi connectivity index (χ4n) is 4.21. The zero-order valence-electron chi connectivity index (χ0n) is 18.0. The van der Waals surface area contributed by atoms with Crippen molar-refractivity contribution >= 4 is 28.8 Å². The van der Waals surface area contributed by atoms with Crippen LogP contribution in [0.3, 0.4) is 0 Å². The molecule has 0 saturated heterocycles. The van der Waals surface area contributed by atoms with Crippen molar-refractivity contribution in [2.24, 2.45) is 5.10 Å². The van der Waals surface area contributed by atoms with Crippen LogP contribution >= 0.6 is 0 Å². The Morgan fingerprint density at radius 3 is 2.87 bits per heavy atom. The lowest BCUT2D eigenvalue weighted by Gasteiger charge is -2.45. The van der Waals surface area contributed by atoms with E-state index in [1.54, 1.807) is 25.5 Å². The number of anilines is 1. The van der Waals surface area contributed by atoms with Crippen molar-refractivity contribution in [1.82, 2.24) is 5.43 Å². The summed E-state index contributed by atoms with van der Waals surface area (Å²) in [5.41, 5.74) is 6.71. The number of carbonyl (C=O) groups is 1. The van der Waals surface area contributed by atoms with Gasteiger partial charge in [0.15, 0.2) is 17.1 Å². The van der Waals surface area contributed by atoms with E-state index in [1.807, 2.05) is 18.2 Å². The van der Waals surface area contributed by atoms with Gasteiger partial charge in [0, 0.05) is 23.7 Å². The number of fused-ring (bicyclic) bond motifs is 2. The number of nitrogens with zero attached hydrogens (tertiary/aromatic N) is 2. The fourth-order valence-corrected chi connectivity index (χ4v) is 4.21. The van der Waals surface area contributed by atoms with E-state index in [9.17, 15) is 4.79 Å². The predicted octanol–water partition coefficient (Wildman–Crippen LogP) is 4.93. The Kier molecular flexibility index (Phi) is 5.02. The highest BCUT2D eigenvalue weighted by molar-refractivity contribution is 5.97. The van der Waals surface area contributed by atoms with E-state index in [2.05, 4.69) is 55.4 Å². The molecule has 1 aliphatic rings. The molecular weight excluding hydrogens is 378 g/mol. The van der Waals surface area contributed by atoms with Crippen LogP contribution in [-0.2, 0) is 0 Å². The van der Waals surface area contributed by atoms with Gasteiger partial charge >= 0.3 is 5.91 Å². The summed E-state index contributed by atoms with van der Waals surface area (Å²) >= 11 is 0. The van der Waals surface area contributed by atoms with Gasteiger partial charge in [-0.1, -0.05) is 25.1 Å². The summed E-state index contributed by atoms with van der Waals surface area (Å²) in [6.07, 6.45) is 2.75. The molecule has 0 aliphatic carbocycles. The predicted molar refractivity (Wildman–Crippen MR) is 120 cm³/mol. The Morgan fingerprint density at radius 2 is 2.10 bits per heavy atom. The molecule has 0 radical (unpaired) electrons. The minimum absolute atomic E-state index is 0.130.